The van der Waals surface area contributed by atoms with E-state index in [-0.39, 0.29) is 17.3 Å². The first-order valence-electron chi connectivity index (χ1n) is 5.51. The van der Waals surface area contributed by atoms with Crippen LogP contribution < -0.4 is 11.1 Å². The number of amides is 1. The minimum absolute atomic E-state index is 0.210. The molecule has 0 aliphatic heterocycles. The molecule has 0 spiro atoms. The van der Waals surface area contributed by atoms with E-state index >= 15 is 0 Å². The number of nitrogens with zero attached hydrogens (tertiary/aromatic N) is 2. The molecule has 100 valence electrons. The van der Waals surface area contributed by atoms with Crippen LogP contribution in [-0.4, -0.2) is 21.4 Å². The first kappa shape index (κ1) is 13.4. The van der Waals surface area contributed by atoms with E-state index in [9.17, 15) is 9.18 Å². The van der Waals surface area contributed by atoms with Crippen molar-refractivity contribution in [2.24, 2.45) is 7.05 Å². The van der Waals surface area contributed by atoms with Crippen LogP contribution >= 0.6 is 11.8 Å². The molecule has 3 N–H and O–H groups in total. The number of halogens is 1. The highest BCUT2D eigenvalue weighted by molar-refractivity contribution is 8.00. The summed E-state index contributed by atoms with van der Waals surface area (Å²) >= 11 is 1.35. The van der Waals surface area contributed by atoms with Crippen LogP contribution in [0.3, 0.4) is 0 Å². The van der Waals surface area contributed by atoms with E-state index in [4.69, 9.17) is 5.73 Å². The zero-order valence-electron chi connectivity index (χ0n) is 10.3. The van der Waals surface area contributed by atoms with E-state index in [1.807, 2.05) is 6.20 Å². The summed E-state index contributed by atoms with van der Waals surface area (Å²) in [6.45, 7) is 0. The van der Waals surface area contributed by atoms with Gasteiger partial charge in [-0.25, -0.2) is 4.39 Å². The predicted octanol–water partition coefficient (Wildman–Crippen LogP) is 1.87. The quantitative estimate of drug-likeness (QED) is 0.662. The lowest BCUT2D eigenvalue weighted by Crippen LogP contribution is -2.15. The van der Waals surface area contributed by atoms with Crippen molar-refractivity contribution in [3.8, 4) is 0 Å². The molecule has 5 nitrogen and oxygen atoms in total. The highest BCUT2D eigenvalue weighted by Gasteiger charge is 2.08. The average Bonchev–Trinajstić information content (AvgIpc) is 2.77. The Kier molecular flexibility index (Phi) is 4.06. The lowest BCUT2D eigenvalue weighted by Gasteiger charge is -2.07. The fourth-order valence-corrected chi connectivity index (χ4v) is 2.16. The van der Waals surface area contributed by atoms with Gasteiger partial charge in [0.15, 0.2) is 0 Å². The molecule has 7 heteroatoms. The second-order valence-electron chi connectivity index (χ2n) is 3.92. The normalized spacial score (nSPS) is 10.4. The van der Waals surface area contributed by atoms with Crippen LogP contribution in [0.4, 0.5) is 15.8 Å². The summed E-state index contributed by atoms with van der Waals surface area (Å²) in [5.41, 5.74) is 6.27. The highest BCUT2D eigenvalue weighted by atomic mass is 32.2. The van der Waals surface area contributed by atoms with Gasteiger partial charge >= 0.3 is 0 Å². The summed E-state index contributed by atoms with van der Waals surface area (Å²) in [7, 11) is 1.80. The summed E-state index contributed by atoms with van der Waals surface area (Å²) in [5.74, 6) is -0.475. The fraction of sp³-hybridized carbons (Fsp3) is 0.167. The predicted molar refractivity (Wildman–Crippen MR) is 73.4 cm³/mol. The van der Waals surface area contributed by atoms with Crippen LogP contribution in [-0.2, 0) is 11.8 Å². The molecule has 0 saturated carbocycles. The summed E-state index contributed by atoms with van der Waals surface area (Å²) < 4.78 is 14.7. The molecular weight excluding hydrogens is 267 g/mol. The third-order valence-electron chi connectivity index (χ3n) is 2.34. The Morgan fingerprint density at radius 1 is 1.58 bits per heavy atom. The first-order chi connectivity index (χ1) is 9.04. The van der Waals surface area contributed by atoms with E-state index in [1.165, 1.54) is 30.0 Å². The molecular formula is C12H13FN4OS. The van der Waals surface area contributed by atoms with Gasteiger partial charge < -0.3 is 11.1 Å². The number of benzene rings is 1. The largest absolute Gasteiger partial charge is 0.397 e. The van der Waals surface area contributed by atoms with Crippen molar-refractivity contribution < 1.29 is 9.18 Å². The van der Waals surface area contributed by atoms with Crippen molar-refractivity contribution in [1.82, 2.24) is 9.78 Å². The smallest absolute Gasteiger partial charge is 0.234 e. The maximum atomic E-state index is 13.0. The Morgan fingerprint density at radius 2 is 2.37 bits per heavy atom. The van der Waals surface area contributed by atoms with Gasteiger partial charge in [0.25, 0.3) is 0 Å². The van der Waals surface area contributed by atoms with E-state index in [0.29, 0.717) is 5.69 Å². The van der Waals surface area contributed by atoms with Crippen LogP contribution in [0.5, 0.6) is 0 Å². The van der Waals surface area contributed by atoms with Gasteiger partial charge in [0, 0.05) is 18.1 Å². The number of anilines is 2. The molecule has 19 heavy (non-hydrogen) atoms. The number of hydrogen-bond acceptors (Lipinski definition) is 4. The maximum Gasteiger partial charge on any atom is 0.234 e. The Hall–Kier alpha value is -2.02. The number of hydrogen-bond donors (Lipinski definition) is 2. The first-order valence-corrected chi connectivity index (χ1v) is 6.49. The van der Waals surface area contributed by atoms with Crippen LogP contribution in [0.15, 0.2) is 35.5 Å². The number of aromatic nitrogens is 2. The molecule has 2 aromatic rings. The van der Waals surface area contributed by atoms with Crippen molar-refractivity contribution in [3.63, 3.8) is 0 Å². The standard InChI is InChI=1S/C12H13FN4OS/c1-17-6-9(5-15-17)19-7-12(18)16-11-4-8(13)2-3-10(11)14/h2-6H,7,14H2,1H3,(H,16,18). The molecule has 1 heterocycles. The molecule has 0 unspecified atom stereocenters. The van der Waals surface area contributed by atoms with Gasteiger partial charge in [0.05, 0.1) is 23.3 Å². The summed E-state index contributed by atoms with van der Waals surface area (Å²) in [4.78, 5) is 12.6. The topological polar surface area (TPSA) is 72.9 Å². The Bertz CT molecular complexity index is 599. The van der Waals surface area contributed by atoms with Gasteiger partial charge in [-0.15, -0.1) is 11.8 Å². The van der Waals surface area contributed by atoms with Crippen LogP contribution in [0.2, 0.25) is 0 Å². The Morgan fingerprint density at radius 3 is 3.05 bits per heavy atom. The van der Waals surface area contributed by atoms with Crippen LogP contribution in [0.25, 0.3) is 0 Å². The SMILES string of the molecule is Cn1cc(SCC(=O)Nc2cc(F)ccc2N)cn1. The third kappa shape index (κ3) is 3.72. The van der Waals surface area contributed by atoms with E-state index in [2.05, 4.69) is 10.4 Å². The number of thioether (sulfide) groups is 1. The fourth-order valence-electron chi connectivity index (χ4n) is 1.45. The zero-order valence-corrected chi connectivity index (χ0v) is 11.1. The molecule has 0 radical (unpaired) electrons. The number of nitrogen functional groups attached to an aromatic ring is 1. The molecule has 0 fully saturated rings. The monoisotopic (exact) mass is 280 g/mol. The van der Waals surface area contributed by atoms with Gasteiger partial charge in [-0.3, -0.25) is 9.48 Å². The van der Waals surface area contributed by atoms with Crippen molar-refractivity contribution >= 4 is 29.0 Å². The molecule has 0 atom stereocenters. The molecule has 0 bridgehead atoms. The number of carbonyl (C=O) groups is 1. The van der Waals surface area contributed by atoms with E-state index in [0.717, 1.165) is 4.90 Å². The van der Waals surface area contributed by atoms with Gasteiger partial charge in [-0.05, 0) is 18.2 Å². The lowest BCUT2D eigenvalue weighted by atomic mass is 10.2. The van der Waals surface area contributed by atoms with Gasteiger partial charge in [-0.1, -0.05) is 0 Å². The number of nitrogens with two attached hydrogens (primary N) is 1. The molecule has 0 aliphatic carbocycles. The van der Waals surface area contributed by atoms with Crippen molar-refractivity contribution in [3.05, 3.63) is 36.4 Å². The van der Waals surface area contributed by atoms with E-state index < -0.39 is 5.82 Å². The van der Waals surface area contributed by atoms with Crippen molar-refractivity contribution in [1.29, 1.82) is 0 Å². The van der Waals surface area contributed by atoms with Gasteiger partial charge in [-0.2, -0.15) is 5.10 Å². The van der Waals surface area contributed by atoms with E-state index in [1.54, 1.807) is 17.9 Å². The van der Waals surface area contributed by atoms with Crippen molar-refractivity contribution in [2.75, 3.05) is 16.8 Å². The summed E-state index contributed by atoms with van der Waals surface area (Å²) in [6, 6.07) is 3.86. The Labute approximate surface area is 114 Å². The lowest BCUT2D eigenvalue weighted by molar-refractivity contribution is -0.113. The molecule has 0 aliphatic rings. The highest BCUT2D eigenvalue weighted by Crippen LogP contribution is 2.21. The van der Waals surface area contributed by atoms with Crippen LogP contribution in [0.1, 0.15) is 0 Å². The Balaban J connectivity index is 1.92. The maximum absolute atomic E-state index is 13.0. The number of nitrogens with one attached hydrogen (secondary N) is 1. The summed E-state index contributed by atoms with van der Waals surface area (Å²) in [5, 5.41) is 6.57. The summed E-state index contributed by atoms with van der Waals surface area (Å²) in [6.07, 6.45) is 3.49. The molecule has 2 rings (SSSR count). The average molecular weight is 280 g/mol. The third-order valence-corrected chi connectivity index (χ3v) is 3.29. The number of rotatable bonds is 4. The van der Waals surface area contributed by atoms with Gasteiger partial charge in [0.1, 0.15) is 5.82 Å². The molecule has 1 amide bonds. The second-order valence-corrected chi connectivity index (χ2v) is 4.97. The number of carbonyl (C=O) groups excluding carboxylic acids is 1. The zero-order chi connectivity index (χ0) is 13.8. The minimum atomic E-state index is -0.440. The molecule has 1 aromatic heterocycles. The molecule has 1 aromatic carbocycles. The van der Waals surface area contributed by atoms with Crippen LogP contribution in [0, 0.1) is 5.82 Å². The second kappa shape index (κ2) is 5.75. The molecule has 0 saturated heterocycles. The minimum Gasteiger partial charge on any atom is -0.397 e. The van der Waals surface area contributed by atoms with Gasteiger partial charge in [0.2, 0.25) is 5.91 Å². The van der Waals surface area contributed by atoms with Crippen molar-refractivity contribution in [2.45, 2.75) is 4.90 Å². The number of aryl methyl sites for hydroxylation is 1.